The maximum absolute atomic E-state index is 13.3. The lowest BCUT2D eigenvalue weighted by Crippen LogP contribution is -2.07. The van der Waals surface area contributed by atoms with Crippen molar-refractivity contribution in [1.82, 2.24) is 9.97 Å². The lowest BCUT2D eigenvalue weighted by Gasteiger charge is -2.06. The number of nitrogens with one attached hydrogen (secondary N) is 1. The molecule has 31 heavy (non-hydrogen) atoms. The van der Waals surface area contributed by atoms with Gasteiger partial charge in [-0.2, -0.15) is 4.98 Å². The highest BCUT2D eigenvalue weighted by Gasteiger charge is 2.28. The minimum Gasteiger partial charge on any atom is -0.497 e. The average Bonchev–Trinajstić information content (AvgIpc) is 3.24. The molecule has 0 amide bonds. The standard InChI is InChI=1S/C22H18BrN3O4S/c1-29-18-8-4-16(5-9-18)20-26-22(31(27,28)19-10-6-17(23)7-11-19)21(30-20)25-14-15-3-2-12-24-13-15/h2-13,25H,14H2,1H3. The Bertz CT molecular complexity index is 1270. The number of pyridine rings is 1. The Hall–Kier alpha value is -3.17. The molecule has 7 nitrogen and oxygen atoms in total. The van der Waals surface area contributed by atoms with E-state index in [9.17, 15) is 8.42 Å². The van der Waals surface area contributed by atoms with E-state index in [0.717, 1.165) is 10.0 Å². The molecule has 0 fully saturated rings. The van der Waals surface area contributed by atoms with Gasteiger partial charge in [0.05, 0.1) is 12.0 Å². The number of rotatable bonds is 7. The highest BCUT2D eigenvalue weighted by atomic mass is 79.9. The average molecular weight is 500 g/mol. The normalized spacial score (nSPS) is 11.3. The van der Waals surface area contributed by atoms with Gasteiger partial charge in [-0.05, 0) is 60.2 Å². The summed E-state index contributed by atoms with van der Waals surface area (Å²) in [5.41, 5.74) is 1.50. The molecule has 0 atom stereocenters. The van der Waals surface area contributed by atoms with Crippen molar-refractivity contribution in [1.29, 1.82) is 0 Å². The van der Waals surface area contributed by atoms with Gasteiger partial charge < -0.3 is 14.5 Å². The third kappa shape index (κ3) is 4.62. The van der Waals surface area contributed by atoms with E-state index in [-0.39, 0.29) is 21.7 Å². The molecule has 0 spiro atoms. The summed E-state index contributed by atoms with van der Waals surface area (Å²) in [4.78, 5) is 8.53. The Morgan fingerprint density at radius 3 is 2.45 bits per heavy atom. The molecule has 0 aliphatic rings. The minimum absolute atomic E-state index is 0.0672. The summed E-state index contributed by atoms with van der Waals surface area (Å²) in [5, 5.41) is 2.87. The maximum atomic E-state index is 13.3. The van der Waals surface area contributed by atoms with Gasteiger partial charge in [0.25, 0.3) is 0 Å². The van der Waals surface area contributed by atoms with E-state index in [0.29, 0.717) is 17.9 Å². The van der Waals surface area contributed by atoms with Crippen LogP contribution in [-0.2, 0) is 16.4 Å². The van der Waals surface area contributed by atoms with Gasteiger partial charge in [-0.25, -0.2) is 8.42 Å². The number of hydrogen-bond acceptors (Lipinski definition) is 7. The first-order chi connectivity index (χ1) is 15.0. The van der Waals surface area contributed by atoms with E-state index in [4.69, 9.17) is 9.15 Å². The van der Waals surface area contributed by atoms with Gasteiger partial charge in [0, 0.05) is 29.0 Å². The molecule has 2 aromatic carbocycles. The van der Waals surface area contributed by atoms with Gasteiger partial charge in [0.15, 0.2) is 0 Å². The monoisotopic (exact) mass is 499 g/mol. The van der Waals surface area contributed by atoms with E-state index in [1.165, 1.54) is 12.1 Å². The fourth-order valence-electron chi connectivity index (χ4n) is 2.87. The molecular weight excluding hydrogens is 482 g/mol. The second-order valence-electron chi connectivity index (χ2n) is 6.55. The number of oxazole rings is 1. The highest BCUT2D eigenvalue weighted by Crippen LogP contribution is 2.33. The summed E-state index contributed by atoms with van der Waals surface area (Å²) in [6, 6.07) is 17.1. The first-order valence-electron chi connectivity index (χ1n) is 9.26. The Morgan fingerprint density at radius 1 is 1.06 bits per heavy atom. The van der Waals surface area contributed by atoms with E-state index in [2.05, 4.69) is 31.2 Å². The summed E-state index contributed by atoms with van der Waals surface area (Å²) < 4.78 is 38.4. The first-order valence-corrected chi connectivity index (χ1v) is 11.5. The number of anilines is 1. The summed E-state index contributed by atoms with van der Waals surface area (Å²) >= 11 is 3.32. The molecule has 158 valence electrons. The van der Waals surface area contributed by atoms with Crippen LogP contribution in [0.2, 0.25) is 0 Å². The Balaban J connectivity index is 1.75. The van der Waals surface area contributed by atoms with Crippen molar-refractivity contribution in [3.05, 3.63) is 83.1 Å². The van der Waals surface area contributed by atoms with Crippen LogP contribution in [0.15, 0.2) is 91.9 Å². The predicted molar refractivity (Wildman–Crippen MR) is 120 cm³/mol. The maximum Gasteiger partial charge on any atom is 0.234 e. The number of methoxy groups -OCH3 is 1. The molecule has 2 heterocycles. The third-order valence-electron chi connectivity index (χ3n) is 4.49. The zero-order valence-corrected chi connectivity index (χ0v) is 18.9. The SMILES string of the molecule is COc1ccc(-c2nc(S(=O)(=O)c3ccc(Br)cc3)c(NCc3cccnc3)o2)cc1. The van der Waals surface area contributed by atoms with Crippen LogP contribution in [0.5, 0.6) is 5.75 Å². The van der Waals surface area contributed by atoms with Gasteiger partial charge in [-0.3, -0.25) is 4.98 Å². The number of halogens is 1. The molecule has 4 rings (SSSR count). The van der Waals surface area contributed by atoms with E-state index in [1.54, 1.807) is 62.0 Å². The molecule has 0 saturated carbocycles. The van der Waals surface area contributed by atoms with Gasteiger partial charge in [0.2, 0.25) is 26.6 Å². The summed E-state index contributed by atoms with van der Waals surface area (Å²) in [6.45, 7) is 0.327. The van der Waals surface area contributed by atoms with Crippen LogP contribution in [0.25, 0.3) is 11.5 Å². The van der Waals surface area contributed by atoms with Crippen LogP contribution in [-0.4, -0.2) is 25.5 Å². The van der Waals surface area contributed by atoms with E-state index in [1.807, 2.05) is 6.07 Å². The molecule has 0 aliphatic carbocycles. The highest BCUT2D eigenvalue weighted by molar-refractivity contribution is 9.10. The molecule has 0 saturated heterocycles. The van der Waals surface area contributed by atoms with Crippen LogP contribution in [0.4, 0.5) is 5.88 Å². The zero-order chi connectivity index (χ0) is 21.8. The molecule has 0 bridgehead atoms. The summed E-state index contributed by atoms with van der Waals surface area (Å²) in [7, 11) is -2.35. The van der Waals surface area contributed by atoms with Crippen LogP contribution < -0.4 is 10.1 Å². The number of hydrogen-bond donors (Lipinski definition) is 1. The molecule has 0 aliphatic heterocycles. The molecule has 0 radical (unpaired) electrons. The largest absolute Gasteiger partial charge is 0.497 e. The van der Waals surface area contributed by atoms with Crippen molar-refractivity contribution in [3.63, 3.8) is 0 Å². The van der Waals surface area contributed by atoms with Gasteiger partial charge in [-0.15, -0.1) is 0 Å². The van der Waals surface area contributed by atoms with Gasteiger partial charge in [0.1, 0.15) is 5.75 Å². The molecular formula is C22H18BrN3O4S. The quantitative estimate of drug-likeness (QED) is 0.384. The summed E-state index contributed by atoms with van der Waals surface area (Å²) in [6.07, 6.45) is 3.36. The molecule has 1 N–H and O–H groups in total. The van der Waals surface area contributed by atoms with Crippen molar-refractivity contribution in [2.75, 3.05) is 12.4 Å². The number of sulfone groups is 1. The van der Waals surface area contributed by atoms with Crippen LogP contribution >= 0.6 is 15.9 Å². The number of aromatic nitrogens is 2. The molecule has 4 aromatic rings. The Morgan fingerprint density at radius 2 is 1.81 bits per heavy atom. The molecule has 0 unspecified atom stereocenters. The Kier molecular flexibility index (Phi) is 6.06. The van der Waals surface area contributed by atoms with Crippen LogP contribution in [0.3, 0.4) is 0 Å². The van der Waals surface area contributed by atoms with Crippen molar-refractivity contribution in [2.45, 2.75) is 16.5 Å². The van der Waals surface area contributed by atoms with E-state index < -0.39 is 9.84 Å². The number of nitrogens with zero attached hydrogens (tertiary/aromatic N) is 2. The van der Waals surface area contributed by atoms with Gasteiger partial charge >= 0.3 is 0 Å². The molecule has 9 heteroatoms. The fraction of sp³-hybridized carbons (Fsp3) is 0.0909. The first kappa shape index (κ1) is 21.1. The smallest absolute Gasteiger partial charge is 0.234 e. The number of ether oxygens (including phenoxy) is 1. The van der Waals surface area contributed by atoms with Crippen molar-refractivity contribution >= 4 is 31.7 Å². The van der Waals surface area contributed by atoms with Gasteiger partial charge in [-0.1, -0.05) is 22.0 Å². The third-order valence-corrected chi connectivity index (χ3v) is 6.69. The summed E-state index contributed by atoms with van der Waals surface area (Å²) in [5.74, 6) is 0.928. The van der Waals surface area contributed by atoms with Crippen LogP contribution in [0, 0.1) is 0 Å². The van der Waals surface area contributed by atoms with Crippen molar-refractivity contribution < 1.29 is 17.6 Å². The fourth-order valence-corrected chi connectivity index (χ4v) is 4.41. The number of benzene rings is 2. The van der Waals surface area contributed by atoms with Crippen molar-refractivity contribution in [3.8, 4) is 17.2 Å². The van der Waals surface area contributed by atoms with Crippen LogP contribution in [0.1, 0.15) is 5.56 Å². The lowest BCUT2D eigenvalue weighted by atomic mass is 10.2. The topological polar surface area (TPSA) is 94.3 Å². The zero-order valence-electron chi connectivity index (χ0n) is 16.4. The minimum atomic E-state index is -3.92. The van der Waals surface area contributed by atoms with E-state index >= 15 is 0 Å². The predicted octanol–water partition coefficient (Wildman–Crippen LogP) is 4.95. The molecule has 2 aromatic heterocycles. The Labute approximate surface area is 188 Å². The van der Waals surface area contributed by atoms with Crippen molar-refractivity contribution in [2.24, 2.45) is 0 Å². The lowest BCUT2D eigenvalue weighted by molar-refractivity contribution is 0.415. The second-order valence-corrected chi connectivity index (χ2v) is 9.33. The second kappa shape index (κ2) is 8.91.